The first-order valence-electron chi connectivity index (χ1n) is 8.70. The Morgan fingerprint density at radius 2 is 1.62 bits per heavy atom. The van der Waals surface area contributed by atoms with Crippen molar-refractivity contribution >= 4 is 32.9 Å². The van der Waals surface area contributed by atoms with E-state index in [1.807, 2.05) is 12.1 Å². The molecule has 3 rings (SSSR count). The number of hydrogen-bond donors (Lipinski definition) is 0. The molecule has 2 aliphatic heterocycles. The van der Waals surface area contributed by atoms with Crippen molar-refractivity contribution < 1.29 is 18.0 Å². The van der Waals surface area contributed by atoms with Crippen molar-refractivity contribution in [2.75, 3.05) is 18.8 Å². The molecule has 0 unspecified atom stereocenters. The minimum atomic E-state index is -3.56. The third-order valence-corrected chi connectivity index (χ3v) is 7.68. The standard InChI is InChI=1S/C18H24N2O4S2/c1-18(2,3)13-4-6-15(7-5-13)26(23,24)19-10-8-14(9-11-19)20-16(21)12-25-17(20)22/h4-7,14H,8-12H2,1-3H3. The Kier molecular flexibility index (Phi) is 5.20. The Morgan fingerprint density at radius 1 is 1.04 bits per heavy atom. The van der Waals surface area contributed by atoms with Crippen LogP contribution in [-0.2, 0) is 20.2 Å². The summed E-state index contributed by atoms with van der Waals surface area (Å²) < 4.78 is 27.2. The molecule has 6 nitrogen and oxygen atoms in total. The SMILES string of the molecule is CC(C)(C)c1ccc(S(=O)(=O)N2CCC(N3C(=O)CSC3=O)CC2)cc1. The molecule has 2 aliphatic rings. The Bertz CT molecular complexity index is 789. The first-order valence-corrected chi connectivity index (χ1v) is 11.1. The summed E-state index contributed by atoms with van der Waals surface area (Å²) in [6.07, 6.45) is 0.967. The van der Waals surface area contributed by atoms with Gasteiger partial charge >= 0.3 is 0 Å². The second kappa shape index (κ2) is 6.98. The molecule has 8 heteroatoms. The average molecular weight is 397 g/mol. The minimum absolute atomic E-state index is 0.0343. The molecule has 1 aromatic carbocycles. The summed E-state index contributed by atoms with van der Waals surface area (Å²) in [6, 6.07) is 6.84. The van der Waals surface area contributed by atoms with E-state index in [9.17, 15) is 18.0 Å². The maximum absolute atomic E-state index is 12.9. The van der Waals surface area contributed by atoms with Gasteiger partial charge in [-0.15, -0.1) is 0 Å². The molecule has 142 valence electrons. The Labute approximate surface area is 159 Å². The van der Waals surface area contributed by atoms with E-state index in [-0.39, 0.29) is 33.3 Å². The molecule has 2 amide bonds. The monoisotopic (exact) mass is 396 g/mol. The number of imide groups is 1. The van der Waals surface area contributed by atoms with Gasteiger partial charge in [0, 0.05) is 19.1 Å². The fourth-order valence-corrected chi connectivity index (χ4v) is 5.58. The van der Waals surface area contributed by atoms with Gasteiger partial charge in [-0.1, -0.05) is 44.7 Å². The van der Waals surface area contributed by atoms with Crippen LogP contribution < -0.4 is 0 Å². The average Bonchev–Trinajstić information content (AvgIpc) is 2.93. The van der Waals surface area contributed by atoms with Crippen LogP contribution in [0.15, 0.2) is 29.2 Å². The van der Waals surface area contributed by atoms with Gasteiger partial charge in [0.15, 0.2) is 0 Å². The van der Waals surface area contributed by atoms with Gasteiger partial charge in [-0.05, 0) is 36.0 Å². The lowest BCUT2D eigenvalue weighted by molar-refractivity contribution is -0.126. The Balaban J connectivity index is 1.70. The van der Waals surface area contributed by atoms with Crippen molar-refractivity contribution in [3.8, 4) is 0 Å². The number of hydrogen-bond acceptors (Lipinski definition) is 5. The number of thioether (sulfide) groups is 1. The van der Waals surface area contributed by atoms with E-state index in [0.717, 1.165) is 17.3 Å². The predicted octanol–water partition coefficient (Wildman–Crippen LogP) is 2.83. The number of amides is 2. The van der Waals surface area contributed by atoms with Crippen LogP contribution in [0.2, 0.25) is 0 Å². The van der Waals surface area contributed by atoms with Crippen LogP contribution in [0, 0.1) is 0 Å². The molecule has 0 N–H and O–H groups in total. The molecule has 26 heavy (non-hydrogen) atoms. The van der Waals surface area contributed by atoms with Gasteiger partial charge in [0.1, 0.15) is 0 Å². The summed E-state index contributed by atoms with van der Waals surface area (Å²) in [5, 5.41) is -0.214. The second-order valence-electron chi connectivity index (χ2n) is 7.73. The van der Waals surface area contributed by atoms with Crippen LogP contribution in [0.3, 0.4) is 0 Å². The third-order valence-electron chi connectivity index (χ3n) is 4.93. The van der Waals surface area contributed by atoms with Crippen LogP contribution in [-0.4, -0.2) is 53.7 Å². The van der Waals surface area contributed by atoms with Crippen LogP contribution in [0.4, 0.5) is 4.79 Å². The molecule has 2 fully saturated rings. The van der Waals surface area contributed by atoms with Gasteiger partial charge in [-0.25, -0.2) is 8.42 Å². The van der Waals surface area contributed by atoms with Gasteiger partial charge in [0.05, 0.1) is 10.6 Å². The highest BCUT2D eigenvalue weighted by molar-refractivity contribution is 8.14. The lowest BCUT2D eigenvalue weighted by atomic mass is 9.87. The molecule has 2 saturated heterocycles. The molecule has 0 spiro atoms. The van der Waals surface area contributed by atoms with Crippen LogP contribution in [0.5, 0.6) is 0 Å². The fourth-order valence-electron chi connectivity index (χ4n) is 3.33. The number of nitrogens with zero attached hydrogens (tertiary/aromatic N) is 2. The summed E-state index contributed by atoms with van der Waals surface area (Å²) in [5.74, 6) is 0.0244. The van der Waals surface area contributed by atoms with E-state index >= 15 is 0 Å². The van der Waals surface area contributed by atoms with Gasteiger partial charge in [-0.3, -0.25) is 14.5 Å². The molecule has 0 aromatic heterocycles. The summed E-state index contributed by atoms with van der Waals surface area (Å²) >= 11 is 1.02. The van der Waals surface area contributed by atoms with Crippen molar-refractivity contribution in [3.05, 3.63) is 29.8 Å². The first kappa shape index (κ1) is 19.4. The number of carbonyl (C=O) groups excluding carboxylic acids is 2. The lowest BCUT2D eigenvalue weighted by Crippen LogP contribution is -2.48. The fraction of sp³-hybridized carbons (Fsp3) is 0.556. The zero-order valence-corrected chi connectivity index (χ0v) is 16.9. The maximum atomic E-state index is 12.9. The van der Waals surface area contributed by atoms with E-state index < -0.39 is 10.0 Å². The van der Waals surface area contributed by atoms with Crippen LogP contribution in [0.25, 0.3) is 0 Å². The molecular weight excluding hydrogens is 372 g/mol. The van der Waals surface area contributed by atoms with Crippen molar-refractivity contribution in [2.45, 2.75) is 50.0 Å². The van der Waals surface area contributed by atoms with Gasteiger partial charge in [0.2, 0.25) is 15.9 Å². The number of sulfonamides is 1. The number of piperidine rings is 1. The molecule has 0 aliphatic carbocycles. The number of benzene rings is 1. The highest BCUT2D eigenvalue weighted by atomic mass is 32.2. The van der Waals surface area contributed by atoms with Crippen LogP contribution >= 0.6 is 11.8 Å². The topological polar surface area (TPSA) is 74.8 Å². The summed E-state index contributed by atoms with van der Waals surface area (Å²) in [5.41, 5.74) is 1.05. The van der Waals surface area contributed by atoms with E-state index in [0.29, 0.717) is 25.9 Å². The Hall–Kier alpha value is -1.38. The first-order chi connectivity index (χ1) is 12.1. The zero-order valence-electron chi connectivity index (χ0n) is 15.3. The van der Waals surface area contributed by atoms with Crippen molar-refractivity contribution in [1.29, 1.82) is 0 Å². The number of rotatable bonds is 3. The molecule has 0 radical (unpaired) electrons. The Morgan fingerprint density at radius 3 is 2.08 bits per heavy atom. The van der Waals surface area contributed by atoms with Gasteiger partial charge < -0.3 is 0 Å². The van der Waals surface area contributed by atoms with E-state index in [1.54, 1.807) is 12.1 Å². The summed E-state index contributed by atoms with van der Waals surface area (Å²) in [4.78, 5) is 25.3. The van der Waals surface area contributed by atoms with E-state index in [1.165, 1.54) is 9.21 Å². The summed E-state index contributed by atoms with van der Waals surface area (Å²) in [6.45, 7) is 6.88. The second-order valence-corrected chi connectivity index (χ2v) is 10.6. The van der Waals surface area contributed by atoms with Gasteiger partial charge in [-0.2, -0.15) is 4.31 Å². The summed E-state index contributed by atoms with van der Waals surface area (Å²) in [7, 11) is -3.56. The molecule has 1 aromatic rings. The smallest absolute Gasteiger partial charge is 0.273 e. The largest absolute Gasteiger partial charge is 0.289 e. The van der Waals surface area contributed by atoms with E-state index in [4.69, 9.17) is 0 Å². The zero-order chi connectivity index (χ0) is 19.1. The highest BCUT2D eigenvalue weighted by Crippen LogP contribution is 2.29. The van der Waals surface area contributed by atoms with E-state index in [2.05, 4.69) is 20.8 Å². The van der Waals surface area contributed by atoms with Crippen molar-refractivity contribution in [3.63, 3.8) is 0 Å². The van der Waals surface area contributed by atoms with Crippen LogP contribution in [0.1, 0.15) is 39.2 Å². The lowest BCUT2D eigenvalue weighted by Gasteiger charge is -2.34. The molecule has 0 bridgehead atoms. The normalized spacial score (nSPS) is 20.8. The quantitative estimate of drug-likeness (QED) is 0.785. The molecule has 2 heterocycles. The minimum Gasteiger partial charge on any atom is -0.273 e. The third kappa shape index (κ3) is 3.68. The predicted molar refractivity (Wildman–Crippen MR) is 102 cm³/mol. The van der Waals surface area contributed by atoms with Gasteiger partial charge in [0.25, 0.3) is 5.24 Å². The highest BCUT2D eigenvalue weighted by Gasteiger charge is 2.39. The number of carbonyl (C=O) groups is 2. The van der Waals surface area contributed by atoms with Crippen molar-refractivity contribution in [2.24, 2.45) is 0 Å². The molecule has 0 saturated carbocycles. The maximum Gasteiger partial charge on any atom is 0.289 e. The molecular formula is C18H24N2O4S2. The molecule has 0 atom stereocenters. The van der Waals surface area contributed by atoms with Crippen molar-refractivity contribution in [1.82, 2.24) is 9.21 Å².